The Hall–Kier alpha value is -2.92. The highest BCUT2D eigenvalue weighted by Gasteiger charge is 2.36. The number of aromatic nitrogens is 3. The van der Waals surface area contributed by atoms with E-state index in [1.54, 1.807) is 4.68 Å². The van der Waals surface area contributed by atoms with E-state index in [9.17, 15) is 10.1 Å². The van der Waals surface area contributed by atoms with Crippen molar-refractivity contribution in [2.24, 2.45) is 18.7 Å². The molecule has 1 aliphatic carbocycles. The highest BCUT2D eigenvalue weighted by atomic mass is 16.1. The molecule has 1 aliphatic heterocycles. The first kappa shape index (κ1) is 19.4. The second kappa shape index (κ2) is 7.16. The van der Waals surface area contributed by atoms with Gasteiger partial charge in [-0.15, -0.1) is 0 Å². The Morgan fingerprint density at radius 3 is 2.79 bits per heavy atom. The molecule has 1 saturated carbocycles. The van der Waals surface area contributed by atoms with Gasteiger partial charge in [0, 0.05) is 44.1 Å². The number of carbonyl (C=O) groups excluding carboxylic acids is 1. The Morgan fingerprint density at radius 2 is 2.24 bits per heavy atom. The molecule has 152 valence electrons. The lowest BCUT2D eigenvalue weighted by Crippen LogP contribution is -2.40. The number of pyridine rings is 1. The second-order valence-electron chi connectivity index (χ2n) is 8.66. The molecular formula is C21H27N7O. The molecule has 0 aromatic carbocycles. The van der Waals surface area contributed by atoms with Gasteiger partial charge >= 0.3 is 0 Å². The predicted octanol–water partition coefficient (Wildman–Crippen LogP) is 1.81. The number of amides is 1. The van der Waals surface area contributed by atoms with Crippen molar-refractivity contribution in [1.29, 1.82) is 5.26 Å². The summed E-state index contributed by atoms with van der Waals surface area (Å²) in [6.45, 7) is 5.36. The highest BCUT2D eigenvalue weighted by Crippen LogP contribution is 2.38. The Morgan fingerprint density at radius 1 is 1.48 bits per heavy atom. The van der Waals surface area contributed by atoms with Crippen LogP contribution in [0.2, 0.25) is 0 Å². The minimum Gasteiger partial charge on any atom is -0.368 e. The molecule has 3 heterocycles. The van der Waals surface area contributed by atoms with Gasteiger partial charge in [0.25, 0.3) is 5.91 Å². The Balaban J connectivity index is 1.84. The molecular weight excluding hydrogens is 366 g/mol. The van der Waals surface area contributed by atoms with Crippen LogP contribution < -0.4 is 16.0 Å². The van der Waals surface area contributed by atoms with Gasteiger partial charge in [-0.25, -0.2) is 4.98 Å². The van der Waals surface area contributed by atoms with Crippen molar-refractivity contribution in [3.05, 3.63) is 29.7 Å². The van der Waals surface area contributed by atoms with Crippen molar-refractivity contribution in [2.45, 2.75) is 44.7 Å². The third kappa shape index (κ3) is 3.83. The van der Waals surface area contributed by atoms with Crippen LogP contribution in [0.1, 0.15) is 49.2 Å². The maximum absolute atomic E-state index is 13.2. The third-order valence-corrected chi connectivity index (χ3v) is 5.88. The fourth-order valence-electron chi connectivity index (χ4n) is 4.05. The molecule has 2 aliphatic rings. The van der Waals surface area contributed by atoms with Gasteiger partial charge < -0.3 is 16.0 Å². The van der Waals surface area contributed by atoms with E-state index in [1.165, 1.54) is 6.20 Å². The van der Waals surface area contributed by atoms with Crippen molar-refractivity contribution < 1.29 is 4.79 Å². The molecule has 1 unspecified atom stereocenters. The fraction of sp³-hybridized carbons (Fsp3) is 0.524. The van der Waals surface area contributed by atoms with Crippen molar-refractivity contribution in [3.63, 3.8) is 0 Å². The van der Waals surface area contributed by atoms with E-state index < -0.39 is 0 Å². The van der Waals surface area contributed by atoms with Gasteiger partial charge in [-0.2, -0.15) is 10.4 Å². The van der Waals surface area contributed by atoms with E-state index in [4.69, 9.17) is 5.73 Å². The van der Waals surface area contributed by atoms with E-state index in [0.29, 0.717) is 41.5 Å². The summed E-state index contributed by atoms with van der Waals surface area (Å²) >= 11 is 0. The topological polar surface area (TPSA) is 113 Å². The molecule has 29 heavy (non-hydrogen) atoms. The Bertz CT molecular complexity index is 983. The van der Waals surface area contributed by atoms with Crippen LogP contribution >= 0.6 is 0 Å². The van der Waals surface area contributed by atoms with Crippen molar-refractivity contribution in [1.82, 2.24) is 20.1 Å². The molecule has 1 saturated heterocycles. The summed E-state index contributed by atoms with van der Waals surface area (Å²) in [5.74, 6) is 0.377. The number of anilines is 1. The molecule has 0 spiro atoms. The predicted molar refractivity (Wildman–Crippen MR) is 110 cm³/mol. The standard InChI is InChI=1S/C21H27N7O/c1-13(14-4-5-14)25-20(29)15-11-24-17(10-22)18(16-6-8-27(3)26-16)19(15)28-9-7-21(2,23)12-28/h6,8,11,13-14H,4-5,7,9,12,23H2,1-3H3,(H,25,29)/t13?,21-/m0/s1. The maximum Gasteiger partial charge on any atom is 0.255 e. The number of nitriles is 1. The van der Waals surface area contributed by atoms with E-state index in [-0.39, 0.29) is 23.2 Å². The van der Waals surface area contributed by atoms with Crippen LogP contribution in [-0.4, -0.2) is 45.3 Å². The zero-order chi connectivity index (χ0) is 20.8. The molecule has 8 nitrogen and oxygen atoms in total. The van der Waals surface area contributed by atoms with Gasteiger partial charge in [0.2, 0.25) is 0 Å². The summed E-state index contributed by atoms with van der Waals surface area (Å²) in [5.41, 5.74) is 8.68. The van der Waals surface area contributed by atoms with Crippen LogP contribution in [0.5, 0.6) is 0 Å². The number of aryl methyl sites for hydroxylation is 1. The Labute approximate surface area is 170 Å². The van der Waals surface area contributed by atoms with Crippen molar-refractivity contribution in [2.75, 3.05) is 18.0 Å². The minimum absolute atomic E-state index is 0.114. The summed E-state index contributed by atoms with van der Waals surface area (Å²) in [5, 5.41) is 17.3. The Kier molecular flexibility index (Phi) is 4.79. The summed E-state index contributed by atoms with van der Waals surface area (Å²) < 4.78 is 1.68. The summed E-state index contributed by atoms with van der Waals surface area (Å²) in [4.78, 5) is 19.6. The molecule has 0 radical (unpaired) electrons. The van der Waals surface area contributed by atoms with Crippen LogP contribution in [-0.2, 0) is 7.05 Å². The number of nitrogens with zero attached hydrogens (tertiary/aromatic N) is 5. The number of rotatable bonds is 5. The smallest absolute Gasteiger partial charge is 0.255 e. The molecule has 8 heteroatoms. The summed E-state index contributed by atoms with van der Waals surface area (Å²) in [7, 11) is 1.82. The fourth-order valence-corrected chi connectivity index (χ4v) is 4.05. The van der Waals surface area contributed by atoms with E-state index >= 15 is 0 Å². The molecule has 2 aromatic heterocycles. The van der Waals surface area contributed by atoms with Crippen molar-refractivity contribution in [3.8, 4) is 17.3 Å². The number of nitrogens with two attached hydrogens (primary N) is 1. The van der Waals surface area contributed by atoms with Crippen molar-refractivity contribution >= 4 is 11.6 Å². The lowest BCUT2D eigenvalue weighted by Gasteiger charge is -2.26. The molecule has 2 fully saturated rings. The number of nitrogens with one attached hydrogen (secondary N) is 1. The first-order chi connectivity index (χ1) is 13.8. The monoisotopic (exact) mass is 393 g/mol. The largest absolute Gasteiger partial charge is 0.368 e. The lowest BCUT2D eigenvalue weighted by molar-refractivity contribution is 0.0936. The quantitative estimate of drug-likeness (QED) is 0.801. The molecule has 0 bridgehead atoms. The van der Waals surface area contributed by atoms with Crippen LogP contribution in [0, 0.1) is 17.2 Å². The van der Waals surface area contributed by atoms with E-state index in [1.807, 2.05) is 33.2 Å². The zero-order valence-electron chi connectivity index (χ0n) is 17.1. The third-order valence-electron chi connectivity index (χ3n) is 5.88. The zero-order valence-corrected chi connectivity index (χ0v) is 17.1. The molecule has 4 rings (SSSR count). The average molecular weight is 393 g/mol. The van der Waals surface area contributed by atoms with Crippen LogP contribution in [0.25, 0.3) is 11.3 Å². The van der Waals surface area contributed by atoms with Gasteiger partial charge in [0.05, 0.1) is 22.5 Å². The number of hydrogen-bond donors (Lipinski definition) is 2. The molecule has 3 N–H and O–H groups in total. The van der Waals surface area contributed by atoms with Gasteiger partial charge in [0.15, 0.2) is 5.69 Å². The molecule has 2 aromatic rings. The van der Waals surface area contributed by atoms with Gasteiger partial charge in [-0.1, -0.05) is 0 Å². The summed E-state index contributed by atoms with van der Waals surface area (Å²) in [6.07, 6.45) is 6.44. The molecule has 2 atom stereocenters. The minimum atomic E-state index is -0.355. The molecule has 1 amide bonds. The normalized spacial score (nSPS) is 22.4. The van der Waals surface area contributed by atoms with Gasteiger partial charge in [-0.3, -0.25) is 9.48 Å². The van der Waals surface area contributed by atoms with E-state index in [2.05, 4.69) is 26.4 Å². The summed E-state index contributed by atoms with van der Waals surface area (Å²) in [6, 6.07) is 4.13. The first-order valence-corrected chi connectivity index (χ1v) is 10.1. The van der Waals surface area contributed by atoms with Crippen LogP contribution in [0.3, 0.4) is 0 Å². The van der Waals surface area contributed by atoms with E-state index in [0.717, 1.165) is 19.3 Å². The first-order valence-electron chi connectivity index (χ1n) is 10.1. The van der Waals surface area contributed by atoms with Gasteiger partial charge in [0.1, 0.15) is 6.07 Å². The number of carbonyl (C=O) groups is 1. The lowest BCUT2D eigenvalue weighted by atomic mass is 10.0. The maximum atomic E-state index is 13.2. The average Bonchev–Trinajstić information content (AvgIpc) is 3.35. The highest BCUT2D eigenvalue weighted by molar-refractivity contribution is 6.04. The van der Waals surface area contributed by atoms with Crippen LogP contribution in [0.15, 0.2) is 18.5 Å². The van der Waals surface area contributed by atoms with Crippen LogP contribution in [0.4, 0.5) is 5.69 Å². The second-order valence-corrected chi connectivity index (χ2v) is 8.66. The number of hydrogen-bond acceptors (Lipinski definition) is 6. The van der Waals surface area contributed by atoms with Gasteiger partial charge in [-0.05, 0) is 45.1 Å². The SMILES string of the molecule is CC(NC(=O)c1cnc(C#N)c(-c2ccn(C)n2)c1N1CC[C@](C)(N)C1)C1CC1.